The Balaban J connectivity index is 1.83. The first-order valence-electron chi connectivity index (χ1n) is 8.46. The Morgan fingerprint density at radius 3 is 2.74 bits per heavy atom. The van der Waals surface area contributed by atoms with Gasteiger partial charge in [-0.3, -0.25) is 15.1 Å². The molecule has 0 aliphatic rings. The third-order valence-electron chi connectivity index (χ3n) is 3.75. The maximum atomic E-state index is 12.5. The number of benzene rings is 1. The minimum absolute atomic E-state index is 0.0523. The lowest BCUT2D eigenvalue weighted by molar-refractivity contribution is -0.672. The maximum Gasteiger partial charge on any atom is 0.460 e. The summed E-state index contributed by atoms with van der Waals surface area (Å²) in [4.78, 5) is 16.0. The summed E-state index contributed by atoms with van der Waals surface area (Å²) in [5.74, 6) is -0.573. The Kier molecular flexibility index (Phi) is 5.30. The molecule has 0 aliphatic heterocycles. The lowest BCUT2D eigenvalue weighted by atomic mass is 10.1. The summed E-state index contributed by atoms with van der Waals surface area (Å²) in [5, 5.41) is 31.2. The van der Waals surface area contributed by atoms with E-state index in [0.717, 1.165) is 11.1 Å². The number of carbonyl (C=O) groups excluding carboxylic acids is 1. The van der Waals surface area contributed by atoms with Gasteiger partial charge in [-0.05, 0) is 31.5 Å². The normalized spacial score (nSPS) is 10.9. The van der Waals surface area contributed by atoms with Crippen LogP contribution in [-0.2, 0) is 9.53 Å². The molecule has 0 saturated carbocycles. The van der Waals surface area contributed by atoms with Crippen molar-refractivity contribution in [2.24, 2.45) is 0 Å². The van der Waals surface area contributed by atoms with E-state index in [4.69, 9.17) is 4.74 Å². The Labute approximate surface area is 155 Å². The minimum Gasteiger partial charge on any atom is -0.739 e. The summed E-state index contributed by atoms with van der Waals surface area (Å²) in [6, 6.07) is 8.52. The smallest absolute Gasteiger partial charge is 0.460 e. The van der Waals surface area contributed by atoms with Gasteiger partial charge in [0.2, 0.25) is 5.10 Å². The lowest BCUT2D eigenvalue weighted by Crippen LogP contribution is -2.44. The topological polar surface area (TPSA) is 118 Å². The van der Waals surface area contributed by atoms with E-state index in [9.17, 15) is 15.2 Å². The van der Waals surface area contributed by atoms with Crippen LogP contribution in [-0.4, -0.2) is 28.7 Å². The largest absolute Gasteiger partial charge is 0.739 e. The molecule has 0 radical (unpaired) electrons. The van der Waals surface area contributed by atoms with E-state index in [2.05, 4.69) is 15.4 Å². The fraction of sp³-hybridized carbons (Fsp3) is 0.278. The van der Waals surface area contributed by atoms with Crippen LogP contribution in [0.15, 0.2) is 42.7 Å². The quantitative estimate of drug-likeness (QED) is 0.395. The second kappa shape index (κ2) is 7.81. The maximum absolute atomic E-state index is 12.5. The molecule has 0 atom stereocenters. The number of anilines is 1. The van der Waals surface area contributed by atoms with Crippen molar-refractivity contribution in [3.8, 4) is 11.1 Å². The van der Waals surface area contributed by atoms with E-state index in [1.54, 1.807) is 50.5 Å². The monoisotopic (exact) mass is 369 g/mol. The van der Waals surface area contributed by atoms with E-state index < -0.39 is 5.97 Å². The first-order chi connectivity index (χ1) is 13.0. The fourth-order valence-electron chi connectivity index (χ4n) is 2.56. The highest BCUT2D eigenvalue weighted by Gasteiger charge is 2.21. The molecule has 0 amide bonds. The molecule has 2 heterocycles. The molecule has 9 heteroatoms. The van der Waals surface area contributed by atoms with E-state index in [1.807, 2.05) is 6.07 Å². The van der Waals surface area contributed by atoms with Crippen LogP contribution in [0.4, 0.5) is 5.95 Å². The van der Waals surface area contributed by atoms with Crippen LogP contribution in [0.2, 0.25) is 0 Å². The molecule has 0 unspecified atom stereocenters. The number of esters is 1. The van der Waals surface area contributed by atoms with Crippen LogP contribution in [0.5, 0.6) is 0 Å². The molecule has 0 saturated heterocycles. The summed E-state index contributed by atoms with van der Waals surface area (Å²) < 4.78 is 5.54. The van der Waals surface area contributed by atoms with Crippen molar-refractivity contribution in [2.75, 3.05) is 11.9 Å². The van der Waals surface area contributed by atoms with Crippen molar-refractivity contribution in [3.05, 3.63) is 53.1 Å². The van der Waals surface area contributed by atoms with Crippen LogP contribution < -0.4 is 14.9 Å². The number of nitrogens with one attached hydrogen (secondary N) is 1. The van der Waals surface area contributed by atoms with Crippen LogP contribution in [0.25, 0.3) is 22.2 Å². The van der Waals surface area contributed by atoms with Gasteiger partial charge in [-0.15, -0.1) is 0 Å². The molecule has 2 aromatic heterocycles. The second-order valence-electron chi connectivity index (χ2n) is 6.15. The summed E-state index contributed by atoms with van der Waals surface area (Å²) in [5.41, 5.74) is 1.87. The van der Waals surface area contributed by atoms with E-state index >= 15 is 0 Å². The molecule has 27 heavy (non-hydrogen) atoms. The number of rotatable bonds is 6. The van der Waals surface area contributed by atoms with Crippen molar-refractivity contribution in [1.29, 1.82) is 0 Å². The lowest BCUT2D eigenvalue weighted by Gasteiger charge is -2.11. The molecular weight excluding hydrogens is 350 g/mol. The van der Waals surface area contributed by atoms with E-state index in [1.165, 1.54) is 0 Å². The van der Waals surface area contributed by atoms with Gasteiger partial charge >= 0.3 is 11.9 Å². The number of aromatic nitrogens is 4. The van der Waals surface area contributed by atoms with Gasteiger partial charge in [-0.2, -0.15) is 0 Å². The fourth-order valence-corrected chi connectivity index (χ4v) is 2.56. The molecule has 0 spiro atoms. The Morgan fingerprint density at radius 2 is 2.04 bits per heavy atom. The van der Waals surface area contributed by atoms with Crippen LogP contribution in [0.1, 0.15) is 20.3 Å². The first kappa shape index (κ1) is 18.3. The van der Waals surface area contributed by atoms with Crippen molar-refractivity contribution >= 4 is 23.0 Å². The third kappa shape index (κ3) is 4.20. The van der Waals surface area contributed by atoms with Gasteiger partial charge < -0.3 is 15.2 Å². The minimum atomic E-state index is -0.396. The molecule has 0 bridgehead atoms. The van der Waals surface area contributed by atoms with Gasteiger partial charge in [-0.25, -0.2) is 4.73 Å². The van der Waals surface area contributed by atoms with Crippen LogP contribution >= 0.6 is 0 Å². The van der Waals surface area contributed by atoms with E-state index in [-0.39, 0.29) is 36.1 Å². The average Bonchev–Trinajstić information content (AvgIpc) is 2.65. The number of carbonyl (C=O) groups is 1. The average molecular weight is 369 g/mol. The number of ether oxygens (including phenoxy) is 1. The van der Waals surface area contributed by atoms with Gasteiger partial charge in [0.25, 0.3) is 5.52 Å². The highest BCUT2D eigenvalue weighted by Crippen LogP contribution is 2.20. The highest BCUT2D eigenvalue weighted by atomic mass is 16.5. The van der Waals surface area contributed by atoms with Crippen molar-refractivity contribution in [2.45, 2.75) is 26.4 Å². The van der Waals surface area contributed by atoms with Crippen LogP contribution in [0, 0.1) is 10.4 Å². The number of hydrogen-bond acceptors (Lipinski definition) is 7. The molecule has 0 aliphatic carbocycles. The van der Waals surface area contributed by atoms with Crippen molar-refractivity contribution < 1.29 is 19.1 Å². The third-order valence-corrected chi connectivity index (χ3v) is 3.75. The second-order valence-corrected chi connectivity index (χ2v) is 6.15. The standard InChI is InChI=1S/C18H19N5O4/c1-12(2)27-17(24)7-9-20-18-21-23(26)16-10-13(5-6-15(16)22(18)25)14-4-3-8-19-11-14/h3-6,8,10-12H,7,9H2,1-2H3,(H,20,21). The molecule has 3 aromatic rings. The van der Waals surface area contributed by atoms with Gasteiger partial charge in [0.1, 0.15) is 0 Å². The summed E-state index contributed by atoms with van der Waals surface area (Å²) in [6.07, 6.45) is 3.16. The number of fused-ring (bicyclic) bond motifs is 1. The Hall–Kier alpha value is -3.49. The molecule has 1 aromatic carbocycles. The van der Waals surface area contributed by atoms with Gasteiger partial charge in [0.15, 0.2) is 5.52 Å². The molecular formula is C18H19N5O4. The van der Waals surface area contributed by atoms with Crippen LogP contribution in [0.3, 0.4) is 0 Å². The number of hydrogen-bond donors (Lipinski definition) is 1. The van der Waals surface area contributed by atoms with Gasteiger partial charge in [0.05, 0.1) is 19.1 Å². The summed E-state index contributed by atoms with van der Waals surface area (Å²) in [6.45, 7) is 3.63. The van der Waals surface area contributed by atoms with Gasteiger partial charge in [-0.1, -0.05) is 12.1 Å². The zero-order chi connectivity index (χ0) is 19.4. The first-order valence-corrected chi connectivity index (χ1v) is 8.46. The van der Waals surface area contributed by atoms with Gasteiger partial charge in [0, 0.05) is 28.9 Å². The molecule has 0 fully saturated rings. The predicted octanol–water partition coefficient (Wildman–Crippen LogP) is 1.32. The zero-order valence-corrected chi connectivity index (χ0v) is 15.0. The zero-order valence-electron chi connectivity index (χ0n) is 15.0. The number of nitrogens with zero attached hydrogens (tertiary/aromatic N) is 4. The Morgan fingerprint density at radius 1 is 1.22 bits per heavy atom. The number of pyridine rings is 1. The van der Waals surface area contributed by atoms with E-state index in [0.29, 0.717) is 9.58 Å². The van der Waals surface area contributed by atoms with Crippen molar-refractivity contribution in [1.82, 2.24) is 10.1 Å². The summed E-state index contributed by atoms with van der Waals surface area (Å²) >= 11 is 0. The summed E-state index contributed by atoms with van der Waals surface area (Å²) in [7, 11) is 0. The predicted molar refractivity (Wildman–Crippen MR) is 97.2 cm³/mol. The molecule has 3 rings (SSSR count). The molecule has 140 valence electrons. The SMILES string of the molecule is CC(C)OC(=O)CCNc1n[n+]([O-])c2cc(-c3cccnc3)ccc2[n+]1[O-]. The molecule has 9 nitrogen and oxygen atoms in total. The molecule has 1 N–H and O–H groups in total. The highest BCUT2D eigenvalue weighted by molar-refractivity contribution is 5.77. The Bertz CT molecular complexity index is 963. The van der Waals surface area contributed by atoms with Crippen molar-refractivity contribution in [3.63, 3.8) is 0 Å².